The Labute approximate surface area is 146 Å². The van der Waals surface area contributed by atoms with E-state index in [1.165, 1.54) is 89.9 Å². The number of unbranched alkanes of at least 4 members (excludes halogenated alkanes) is 12. The molecule has 0 aliphatic heterocycles. The zero-order valence-electron chi connectivity index (χ0n) is 16.1. The van der Waals surface area contributed by atoms with E-state index in [-0.39, 0.29) is 11.0 Å². The van der Waals surface area contributed by atoms with Crippen LogP contribution in [-0.2, 0) is 0 Å². The maximum Gasteiger partial charge on any atom is 0.0416 e. The fraction of sp³-hybridized carbons (Fsp3) is 1.00. The minimum Gasteiger partial charge on any atom is -0.344 e. The summed E-state index contributed by atoms with van der Waals surface area (Å²) in [4.78, 5) is -0.0306. The van der Waals surface area contributed by atoms with Gasteiger partial charge < -0.3 is 6.15 Å². The van der Waals surface area contributed by atoms with Gasteiger partial charge in [0, 0.05) is 4.87 Å². The molecular formula is C20H44ClN. The number of halogens is 1. The highest BCUT2D eigenvalue weighted by Gasteiger charge is 2.21. The smallest absolute Gasteiger partial charge is 0.0416 e. The van der Waals surface area contributed by atoms with Crippen molar-refractivity contribution in [2.24, 2.45) is 5.92 Å². The Morgan fingerprint density at radius 1 is 0.682 bits per heavy atom. The van der Waals surface area contributed by atoms with E-state index in [0.717, 1.165) is 0 Å². The Morgan fingerprint density at radius 3 is 1.32 bits per heavy atom. The molecule has 0 aromatic carbocycles. The molecule has 0 aliphatic rings. The first-order chi connectivity index (χ1) is 9.98. The van der Waals surface area contributed by atoms with Crippen LogP contribution in [0.15, 0.2) is 0 Å². The van der Waals surface area contributed by atoms with Crippen LogP contribution in [0.25, 0.3) is 0 Å². The van der Waals surface area contributed by atoms with Gasteiger partial charge in [0.25, 0.3) is 0 Å². The second kappa shape index (κ2) is 16.1. The fourth-order valence-electron chi connectivity index (χ4n) is 2.81. The van der Waals surface area contributed by atoms with Crippen molar-refractivity contribution < 1.29 is 0 Å². The largest absolute Gasteiger partial charge is 0.344 e. The van der Waals surface area contributed by atoms with Gasteiger partial charge in [0.05, 0.1) is 0 Å². The molecule has 0 spiro atoms. The molecule has 0 aromatic heterocycles. The Morgan fingerprint density at radius 2 is 1.00 bits per heavy atom. The summed E-state index contributed by atoms with van der Waals surface area (Å²) in [5, 5.41) is 0. The van der Waals surface area contributed by atoms with Gasteiger partial charge in [-0.15, -0.1) is 11.6 Å². The zero-order valence-corrected chi connectivity index (χ0v) is 16.8. The third-order valence-electron chi connectivity index (χ3n) is 4.91. The summed E-state index contributed by atoms with van der Waals surface area (Å²) in [6.07, 6.45) is 19.9. The summed E-state index contributed by atoms with van der Waals surface area (Å²) in [6.45, 7) is 8.85. The summed E-state index contributed by atoms with van der Waals surface area (Å²) in [7, 11) is 0. The van der Waals surface area contributed by atoms with E-state index in [1.807, 2.05) is 0 Å². The quantitative estimate of drug-likeness (QED) is 0.237. The molecule has 136 valence electrons. The normalized spacial score (nSPS) is 13.0. The highest BCUT2D eigenvalue weighted by molar-refractivity contribution is 6.23. The SMILES string of the molecule is CCCCCCCCCCCCCCCC(C)C(C)(C)Cl.N. The maximum atomic E-state index is 6.33. The average Bonchev–Trinajstić information content (AvgIpc) is 2.42. The Bertz CT molecular complexity index is 210. The summed E-state index contributed by atoms with van der Waals surface area (Å²) in [5.41, 5.74) is 0. The van der Waals surface area contributed by atoms with Gasteiger partial charge in [0.1, 0.15) is 0 Å². The molecule has 1 unspecified atom stereocenters. The first kappa shape index (κ1) is 24.5. The standard InChI is InChI=1S/C20H41Cl.H3N/c1-5-6-7-8-9-10-11-12-13-14-15-16-17-18-19(2)20(3,4)21;/h19H,5-18H2,1-4H3;1H3. The highest BCUT2D eigenvalue weighted by atomic mass is 35.5. The van der Waals surface area contributed by atoms with Gasteiger partial charge >= 0.3 is 0 Å². The first-order valence-corrected chi connectivity index (χ1v) is 10.0. The van der Waals surface area contributed by atoms with Crippen molar-refractivity contribution in [2.75, 3.05) is 0 Å². The minimum atomic E-state index is -0.0306. The highest BCUT2D eigenvalue weighted by Crippen LogP contribution is 2.28. The molecule has 0 saturated carbocycles. The zero-order chi connectivity index (χ0) is 16.0. The van der Waals surface area contributed by atoms with Gasteiger partial charge in [-0.2, -0.15) is 0 Å². The van der Waals surface area contributed by atoms with Gasteiger partial charge in [-0.3, -0.25) is 0 Å². The second-order valence-electron chi connectivity index (χ2n) is 7.50. The van der Waals surface area contributed by atoms with Crippen molar-refractivity contribution in [2.45, 2.75) is 122 Å². The number of alkyl halides is 1. The molecule has 3 N–H and O–H groups in total. The second-order valence-corrected chi connectivity index (χ2v) is 8.47. The lowest BCUT2D eigenvalue weighted by Crippen LogP contribution is -2.21. The van der Waals surface area contributed by atoms with Crippen LogP contribution in [0, 0.1) is 5.92 Å². The average molecular weight is 334 g/mol. The van der Waals surface area contributed by atoms with E-state index in [2.05, 4.69) is 27.7 Å². The van der Waals surface area contributed by atoms with Crippen molar-refractivity contribution >= 4 is 11.6 Å². The lowest BCUT2D eigenvalue weighted by molar-refractivity contribution is 0.400. The Hall–Kier alpha value is 0.250. The van der Waals surface area contributed by atoms with E-state index >= 15 is 0 Å². The monoisotopic (exact) mass is 333 g/mol. The molecule has 0 fully saturated rings. The molecule has 0 aliphatic carbocycles. The summed E-state index contributed by atoms with van der Waals surface area (Å²) in [5.74, 6) is 0.631. The van der Waals surface area contributed by atoms with Crippen LogP contribution in [0.2, 0.25) is 0 Å². The predicted molar refractivity (Wildman–Crippen MR) is 104 cm³/mol. The number of hydrogen-bond donors (Lipinski definition) is 1. The molecule has 0 rings (SSSR count). The molecule has 0 amide bonds. The van der Waals surface area contributed by atoms with Crippen LogP contribution in [0.1, 0.15) is 118 Å². The van der Waals surface area contributed by atoms with Crippen LogP contribution < -0.4 is 6.15 Å². The van der Waals surface area contributed by atoms with Crippen molar-refractivity contribution in [3.8, 4) is 0 Å². The first-order valence-electron chi connectivity index (χ1n) is 9.67. The third kappa shape index (κ3) is 16.6. The lowest BCUT2D eigenvalue weighted by atomic mass is 9.91. The van der Waals surface area contributed by atoms with Gasteiger partial charge in [-0.05, 0) is 26.2 Å². The topological polar surface area (TPSA) is 35.0 Å². The molecule has 0 heterocycles. The Kier molecular flexibility index (Phi) is 18.0. The minimum absolute atomic E-state index is 0. The van der Waals surface area contributed by atoms with Gasteiger partial charge in [0.15, 0.2) is 0 Å². The van der Waals surface area contributed by atoms with E-state index in [9.17, 15) is 0 Å². The molecular weight excluding hydrogens is 290 g/mol. The van der Waals surface area contributed by atoms with E-state index in [0.29, 0.717) is 5.92 Å². The van der Waals surface area contributed by atoms with Crippen molar-refractivity contribution in [3.05, 3.63) is 0 Å². The molecule has 1 atom stereocenters. The summed E-state index contributed by atoms with van der Waals surface area (Å²) >= 11 is 6.33. The maximum absolute atomic E-state index is 6.33. The van der Waals surface area contributed by atoms with Gasteiger partial charge in [0.2, 0.25) is 0 Å². The third-order valence-corrected chi connectivity index (χ3v) is 5.29. The van der Waals surface area contributed by atoms with Crippen molar-refractivity contribution in [1.29, 1.82) is 0 Å². The van der Waals surface area contributed by atoms with E-state index in [4.69, 9.17) is 11.6 Å². The molecule has 0 saturated heterocycles. The van der Waals surface area contributed by atoms with Crippen LogP contribution in [0.3, 0.4) is 0 Å². The molecule has 2 heteroatoms. The van der Waals surface area contributed by atoms with Crippen molar-refractivity contribution in [3.63, 3.8) is 0 Å². The molecule has 22 heavy (non-hydrogen) atoms. The molecule has 0 aromatic rings. The van der Waals surface area contributed by atoms with Crippen molar-refractivity contribution in [1.82, 2.24) is 6.15 Å². The van der Waals surface area contributed by atoms with Crippen LogP contribution in [0.5, 0.6) is 0 Å². The summed E-state index contributed by atoms with van der Waals surface area (Å²) < 4.78 is 0. The van der Waals surface area contributed by atoms with Crippen LogP contribution >= 0.6 is 11.6 Å². The lowest BCUT2D eigenvalue weighted by Gasteiger charge is -2.24. The summed E-state index contributed by atoms with van der Waals surface area (Å²) in [6, 6.07) is 0. The molecule has 1 nitrogen and oxygen atoms in total. The molecule has 0 radical (unpaired) electrons. The van der Waals surface area contributed by atoms with Crippen LogP contribution in [-0.4, -0.2) is 4.87 Å². The van der Waals surface area contributed by atoms with Gasteiger partial charge in [-0.1, -0.05) is 97.3 Å². The van der Waals surface area contributed by atoms with E-state index in [1.54, 1.807) is 0 Å². The number of hydrogen-bond acceptors (Lipinski definition) is 1. The Balaban J connectivity index is 0. The fourth-order valence-corrected chi connectivity index (χ4v) is 2.92. The molecule has 0 bridgehead atoms. The van der Waals surface area contributed by atoms with Gasteiger partial charge in [-0.25, -0.2) is 0 Å². The van der Waals surface area contributed by atoms with E-state index < -0.39 is 0 Å². The van der Waals surface area contributed by atoms with Crippen LogP contribution in [0.4, 0.5) is 0 Å². The number of rotatable bonds is 15. The predicted octanol–water partition coefficient (Wildman–Crippen LogP) is 8.28.